The van der Waals surface area contributed by atoms with Gasteiger partial charge in [0.05, 0.1) is 19.3 Å². The molecule has 0 aliphatic carbocycles. The second kappa shape index (κ2) is 8.21. The van der Waals surface area contributed by atoms with Crippen molar-refractivity contribution >= 4 is 23.2 Å². The van der Waals surface area contributed by atoms with Gasteiger partial charge in [0.15, 0.2) is 5.69 Å². The molecule has 1 fully saturated rings. The van der Waals surface area contributed by atoms with E-state index < -0.39 is 12.1 Å². The average molecular weight is 328 g/mol. The van der Waals surface area contributed by atoms with Gasteiger partial charge in [-0.15, -0.1) is 11.3 Å². The molecule has 2 rings (SSSR count). The van der Waals surface area contributed by atoms with Crippen molar-refractivity contribution in [1.82, 2.24) is 10.3 Å². The van der Waals surface area contributed by atoms with Gasteiger partial charge < -0.3 is 19.9 Å². The van der Waals surface area contributed by atoms with E-state index in [1.165, 1.54) is 16.7 Å². The van der Waals surface area contributed by atoms with E-state index in [0.29, 0.717) is 11.6 Å². The van der Waals surface area contributed by atoms with Crippen LogP contribution >= 0.6 is 11.3 Å². The lowest BCUT2D eigenvalue weighted by atomic mass is 10.1. The number of rotatable bonds is 7. The Bertz CT molecular complexity index is 513. The predicted octanol–water partition coefficient (Wildman–Crippen LogP) is 1.43. The van der Waals surface area contributed by atoms with Crippen LogP contribution in [0, 0.1) is 0 Å². The lowest BCUT2D eigenvalue weighted by Gasteiger charge is -2.23. The number of hydrogen-bond acceptors (Lipinski definition) is 6. The molecule has 2 unspecified atom stereocenters. The smallest absolute Gasteiger partial charge is 0.355 e. The SMILES string of the molecule is CC(OCC1CCCCO1)C(=O)NCc1nc(C(=O)O)cs1. The van der Waals surface area contributed by atoms with Crippen molar-refractivity contribution in [3.63, 3.8) is 0 Å². The van der Waals surface area contributed by atoms with Crippen LogP contribution in [0.2, 0.25) is 0 Å². The van der Waals surface area contributed by atoms with E-state index in [0.717, 1.165) is 25.9 Å². The van der Waals surface area contributed by atoms with Crippen molar-refractivity contribution < 1.29 is 24.2 Å². The molecular formula is C14H20N2O5S. The maximum Gasteiger partial charge on any atom is 0.355 e. The van der Waals surface area contributed by atoms with Gasteiger partial charge in [-0.2, -0.15) is 0 Å². The first-order valence-corrected chi connectivity index (χ1v) is 8.13. The minimum Gasteiger partial charge on any atom is -0.476 e. The van der Waals surface area contributed by atoms with Gasteiger partial charge >= 0.3 is 5.97 Å². The first kappa shape index (κ1) is 16.9. The Morgan fingerprint density at radius 1 is 1.59 bits per heavy atom. The molecule has 8 heteroatoms. The molecule has 1 saturated heterocycles. The lowest BCUT2D eigenvalue weighted by Crippen LogP contribution is -2.36. The summed E-state index contributed by atoms with van der Waals surface area (Å²) in [6.07, 6.45) is 2.67. The molecule has 22 heavy (non-hydrogen) atoms. The van der Waals surface area contributed by atoms with Crippen LogP contribution in [0.1, 0.15) is 41.7 Å². The van der Waals surface area contributed by atoms with E-state index in [1.807, 2.05) is 0 Å². The summed E-state index contributed by atoms with van der Waals surface area (Å²) in [4.78, 5) is 26.5. The maximum atomic E-state index is 11.9. The van der Waals surface area contributed by atoms with Crippen molar-refractivity contribution in [3.8, 4) is 0 Å². The molecule has 0 aromatic carbocycles. The van der Waals surface area contributed by atoms with Crippen molar-refractivity contribution in [2.75, 3.05) is 13.2 Å². The number of carboxylic acid groups (broad SMARTS) is 1. The molecule has 1 aliphatic heterocycles. The summed E-state index contributed by atoms with van der Waals surface area (Å²) in [6.45, 7) is 3.05. The Labute approximate surface area is 132 Å². The lowest BCUT2D eigenvalue weighted by molar-refractivity contribution is -0.135. The van der Waals surface area contributed by atoms with Crippen LogP contribution in [0.4, 0.5) is 0 Å². The van der Waals surface area contributed by atoms with Crippen molar-refractivity contribution in [2.45, 2.75) is 44.9 Å². The van der Waals surface area contributed by atoms with E-state index in [9.17, 15) is 9.59 Å². The summed E-state index contributed by atoms with van der Waals surface area (Å²) >= 11 is 1.20. The molecule has 0 radical (unpaired) electrons. The van der Waals surface area contributed by atoms with Gasteiger partial charge in [-0.05, 0) is 26.2 Å². The van der Waals surface area contributed by atoms with Crippen LogP contribution in [0.5, 0.6) is 0 Å². The molecular weight excluding hydrogens is 308 g/mol. The third-order valence-corrected chi connectivity index (χ3v) is 4.21. The van der Waals surface area contributed by atoms with E-state index in [-0.39, 0.29) is 24.2 Å². The number of amides is 1. The Hall–Kier alpha value is -1.51. The number of nitrogens with one attached hydrogen (secondary N) is 1. The fourth-order valence-corrected chi connectivity index (χ4v) is 2.77. The zero-order valence-electron chi connectivity index (χ0n) is 12.4. The highest BCUT2D eigenvalue weighted by molar-refractivity contribution is 7.09. The van der Waals surface area contributed by atoms with Gasteiger partial charge in [-0.3, -0.25) is 4.79 Å². The van der Waals surface area contributed by atoms with Gasteiger partial charge in [-0.25, -0.2) is 9.78 Å². The van der Waals surface area contributed by atoms with E-state index in [2.05, 4.69) is 10.3 Å². The molecule has 0 saturated carbocycles. The van der Waals surface area contributed by atoms with Crippen LogP contribution in [-0.4, -0.2) is 47.4 Å². The van der Waals surface area contributed by atoms with E-state index in [1.54, 1.807) is 6.92 Å². The largest absolute Gasteiger partial charge is 0.476 e. The highest BCUT2D eigenvalue weighted by atomic mass is 32.1. The average Bonchev–Trinajstić information content (AvgIpc) is 3.00. The summed E-state index contributed by atoms with van der Waals surface area (Å²) in [5, 5.41) is 13.5. The Morgan fingerprint density at radius 2 is 2.41 bits per heavy atom. The maximum absolute atomic E-state index is 11.9. The van der Waals surface area contributed by atoms with Crippen LogP contribution in [-0.2, 0) is 20.8 Å². The van der Waals surface area contributed by atoms with Crippen molar-refractivity contribution in [2.24, 2.45) is 0 Å². The second-order valence-electron chi connectivity index (χ2n) is 5.11. The number of aromatic nitrogens is 1. The molecule has 1 aromatic rings. The minimum absolute atomic E-state index is 0.00649. The van der Waals surface area contributed by atoms with Crippen LogP contribution < -0.4 is 5.32 Å². The van der Waals surface area contributed by atoms with Crippen LogP contribution in [0.15, 0.2) is 5.38 Å². The molecule has 2 atom stereocenters. The highest BCUT2D eigenvalue weighted by Crippen LogP contribution is 2.13. The third kappa shape index (κ3) is 5.04. The number of ether oxygens (including phenoxy) is 2. The topological polar surface area (TPSA) is 97.8 Å². The molecule has 7 nitrogen and oxygen atoms in total. The second-order valence-corrected chi connectivity index (χ2v) is 6.06. The summed E-state index contributed by atoms with van der Waals surface area (Å²) in [5.74, 6) is -1.32. The van der Waals surface area contributed by atoms with Gasteiger partial charge in [0.1, 0.15) is 11.1 Å². The predicted molar refractivity (Wildman–Crippen MR) is 79.9 cm³/mol. The normalized spacial score (nSPS) is 19.6. The first-order valence-electron chi connectivity index (χ1n) is 7.25. The summed E-state index contributed by atoms with van der Waals surface area (Å²) in [7, 11) is 0. The molecule has 1 amide bonds. The van der Waals surface area contributed by atoms with Gasteiger partial charge in [0.2, 0.25) is 5.91 Å². The molecule has 1 aromatic heterocycles. The molecule has 0 spiro atoms. The zero-order chi connectivity index (χ0) is 15.9. The zero-order valence-corrected chi connectivity index (χ0v) is 13.2. The number of nitrogens with zero attached hydrogens (tertiary/aromatic N) is 1. The molecule has 1 aliphatic rings. The quantitative estimate of drug-likeness (QED) is 0.786. The number of carbonyl (C=O) groups excluding carboxylic acids is 1. The standard InChI is InChI=1S/C14H20N2O5S/c1-9(21-7-10-4-2-3-5-20-10)13(17)15-6-12-16-11(8-22-12)14(18)19/h8-10H,2-7H2,1H3,(H,15,17)(H,18,19). The minimum atomic E-state index is -1.07. The van der Waals surface area contributed by atoms with Crippen LogP contribution in [0.25, 0.3) is 0 Å². The molecule has 2 N–H and O–H groups in total. The van der Waals surface area contributed by atoms with Gasteiger partial charge in [-0.1, -0.05) is 0 Å². The van der Waals surface area contributed by atoms with E-state index >= 15 is 0 Å². The fraction of sp³-hybridized carbons (Fsp3) is 0.643. The first-order chi connectivity index (χ1) is 10.6. The summed E-state index contributed by atoms with van der Waals surface area (Å²) in [5.41, 5.74) is -0.00649. The van der Waals surface area contributed by atoms with Crippen molar-refractivity contribution in [1.29, 1.82) is 0 Å². The highest BCUT2D eigenvalue weighted by Gasteiger charge is 2.19. The van der Waals surface area contributed by atoms with E-state index in [4.69, 9.17) is 14.6 Å². The monoisotopic (exact) mass is 328 g/mol. The summed E-state index contributed by atoms with van der Waals surface area (Å²) < 4.78 is 11.1. The number of thiazole rings is 1. The Morgan fingerprint density at radius 3 is 3.05 bits per heavy atom. The Kier molecular flexibility index (Phi) is 6.29. The number of hydrogen-bond donors (Lipinski definition) is 2. The van der Waals surface area contributed by atoms with Crippen LogP contribution in [0.3, 0.4) is 0 Å². The number of aromatic carboxylic acids is 1. The molecule has 0 bridgehead atoms. The third-order valence-electron chi connectivity index (χ3n) is 3.36. The number of carbonyl (C=O) groups is 2. The van der Waals surface area contributed by atoms with Crippen molar-refractivity contribution in [3.05, 3.63) is 16.1 Å². The number of carboxylic acids is 1. The molecule has 122 valence electrons. The fourth-order valence-electron chi connectivity index (χ4n) is 2.06. The Balaban J connectivity index is 1.70. The molecule has 2 heterocycles. The summed E-state index contributed by atoms with van der Waals surface area (Å²) in [6, 6.07) is 0. The van der Waals surface area contributed by atoms with Gasteiger partial charge in [0, 0.05) is 12.0 Å². The van der Waals surface area contributed by atoms with Gasteiger partial charge in [0.25, 0.3) is 0 Å².